The maximum atomic E-state index is 13.3. The molecule has 4 aromatic rings. The third-order valence-electron chi connectivity index (χ3n) is 6.42. The first kappa shape index (κ1) is 22.0. The number of rotatable bonds is 5. The molecule has 3 aromatic carbocycles. The molecule has 1 amide bonds. The predicted octanol–water partition coefficient (Wildman–Crippen LogP) is 3.68. The number of aryl methyl sites for hydroxylation is 1. The van der Waals surface area contributed by atoms with Gasteiger partial charge >= 0.3 is 0 Å². The molecule has 0 spiro atoms. The van der Waals surface area contributed by atoms with Crippen LogP contribution in [0.5, 0.6) is 0 Å². The summed E-state index contributed by atoms with van der Waals surface area (Å²) in [5.74, 6) is 6.47. The molecule has 7 nitrogen and oxygen atoms in total. The first-order valence-electron chi connectivity index (χ1n) is 11.6. The SMILES string of the molecule is CCn1c2ccccc2c2cc(N(N)/C(=C(\N)C(=O)N3CCOCC3)c3ccccc3)ccc21. The van der Waals surface area contributed by atoms with Crippen molar-refractivity contribution in [1.29, 1.82) is 0 Å². The lowest BCUT2D eigenvalue weighted by molar-refractivity contribution is -0.131. The molecule has 5 rings (SSSR count). The summed E-state index contributed by atoms with van der Waals surface area (Å²) in [6.07, 6.45) is 0. The first-order valence-corrected chi connectivity index (χ1v) is 11.6. The van der Waals surface area contributed by atoms with Crippen molar-refractivity contribution in [1.82, 2.24) is 9.47 Å². The van der Waals surface area contributed by atoms with Crippen molar-refractivity contribution in [2.24, 2.45) is 11.6 Å². The number of ether oxygens (including phenoxy) is 1. The van der Waals surface area contributed by atoms with Crippen molar-refractivity contribution in [3.8, 4) is 0 Å². The summed E-state index contributed by atoms with van der Waals surface area (Å²) in [7, 11) is 0. The number of para-hydroxylation sites is 1. The van der Waals surface area contributed by atoms with Crippen LogP contribution in [0.4, 0.5) is 5.69 Å². The van der Waals surface area contributed by atoms with Crippen LogP contribution in [0.2, 0.25) is 0 Å². The second-order valence-corrected chi connectivity index (χ2v) is 8.37. The van der Waals surface area contributed by atoms with Crippen molar-refractivity contribution < 1.29 is 9.53 Å². The van der Waals surface area contributed by atoms with Gasteiger partial charge in [-0.15, -0.1) is 0 Å². The molecule has 0 aliphatic carbocycles. The van der Waals surface area contributed by atoms with Gasteiger partial charge in [-0.3, -0.25) is 9.80 Å². The number of carbonyl (C=O) groups excluding carboxylic acids is 1. The minimum atomic E-state index is -0.235. The van der Waals surface area contributed by atoms with E-state index in [1.807, 2.05) is 42.5 Å². The van der Waals surface area contributed by atoms with E-state index in [1.54, 1.807) is 4.90 Å². The normalized spacial score (nSPS) is 14.9. The summed E-state index contributed by atoms with van der Waals surface area (Å²) in [6, 6.07) is 24.0. The quantitative estimate of drug-likeness (QED) is 0.272. The molecule has 1 saturated heterocycles. The topological polar surface area (TPSA) is 89.8 Å². The number of hydrogen-bond donors (Lipinski definition) is 2. The number of benzene rings is 3. The Morgan fingerprint density at radius 3 is 2.35 bits per heavy atom. The van der Waals surface area contributed by atoms with Crippen molar-refractivity contribution in [2.75, 3.05) is 31.3 Å². The molecule has 1 aliphatic heterocycles. The summed E-state index contributed by atoms with van der Waals surface area (Å²) in [5.41, 5.74) is 11.0. The lowest BCUT2D eigenvalue weighted by Gasteiger charge is -2.29. The Labute approximate surface area is 198 Å². The van der Waals surface area contributed by atoms with Crippen LogP contribution in [0, 0.1) is 0 Å². The Morgan fingerprint density at radius 2 is 1.62 bits per heavy atom. The standard InChI is InChI=1S/C27H29N5O2/c1-2-31-23-11-7-6-10-21(23)22-18-20(12-13-24(22)31)32(29)26(19-8-4-3-5-9-19)25(28)27(33)30-14-16-34-17-15-30/h3-13,18H,2,14-17,28-29H2,1H3/b26-25-. The first-order chi connectivity index (χ1) is 16.6. The van der Waals surface area contributed by atoms with E-state index >= 15 is 0 Å². The zero-order valence-corrected chi connectivity index (χ0v) is 19.3. The van der Waals surface area contributed by atoms with Crippen molar-refractivity contribution >= 4 is 39.1 Å². The lowest BCUT2D eigenvalue weighted by Crippen LogP contribution is -2.44. The maximum absolute atomic E-state index is 13.3. The Hall–Kier alpha value is -3.81. The summed E-state index contributed by atoms with van der Waals surface area (Å²) in [6.45, 7) is 5.03. The second-order valence-electron chi connectivity index (χ2n) is 8.37. The predicted molar refractivity (Wildman–Crippen MR) is 137 cm³/mol. The van der Waals surface area contributed by atoms with E-state index in [2.05, 4.69) is 41.8 Å². The Bertz CT molecular complexity index is 1370. The minimum Gasteiger partial charge on any atom is -0.392 e. The molecule has 0 unspecified atom stereocenters. The van der Waals surface area contributed by atoms with Gasteiger partial charge in [-0.25, -0.2) is 5.84 Å². The van der Waals surface area contributed by atoms with Crippen molar-refractivity contribution in [3.05, 3.63) is 84.1 Å². The van der Waals surface area contributed by atoms with E-state index in [4.69, 9.17) is 16.3 Å². The fourth-order valence-electron chi connectivity index (χ4n) is 4.72. The van der Waals surface area contributed by atoms with E-state index < -0.39 is 0 Å². The van der Waals surface area contributed by atoms with Crippen LogP contribution in [-0.2, 0) is 16.1 Å². The van der Waals surface area contributed by atoms with E-state index in [-0.39, 0.29) is 11.6 Å². The lowest BCUT2D eigenvalue weighted by atomic mass is 10.1. The maximum Gasteiger partial charge on any atom is 0.272 e. The van der Waals surface area contributed by atoms with Crippen LogP contribution < -0.4 is 16.6 Å². The average Bonchev–Trinajstić information content (AvgIpc) is 3.22. The number of amides is 1. The molecule has 0 radical (unpaired) electrons. The third kappa shape index (κ3) is 3.79. The number of nitrogens with two attached hydrogens (primary N) is 2. The summed E-state index contributed by atoms with van der Waals surface area (Å²) >= 11 is 0. The zero-order valence-electron chi connectivity index (χ0n) is 19.3. The van der Waals surface area contributed by atoms with Crippen LogP contribution in [0.25, 0.3) is 27.5 Å². The molecule has 174 valence electrons. The van der Waals surface area contributed by atoms with E-state index in [0.29, 0.717) is 32.0 Å². The van der Waals surface area contributed by atoms with Crippen molar-refractivity contribution in [2.45, 2.75) is 13.5 Å². The Balaban J connectivity index is 1.63. The minimum absolute atomic E-state index is 0.117. The van der Waals surface area contributed by atoms with Crippen LogP contribution in [-0.4, -0.2) is 41.7 Å². The molecule has 2 heterocycles. The van der Waals surface area contributed by atoms with Gasteiger partial charge in [0.1, 0.15) is 5.70 Å². The number of anilines is 1. The number of aromatic nitrogens is 1. The highest BCUT2D eigenvalue weighted by molar-refractivity contribution is 6.10. The van der Waals surface area contributed by atoms with Gasteiger partial charge in [0.2, 0.25) is 0 Å². The third-order valence-corrected chi connectivity index (χ3v) is 6.42. The Kier molecular flexibility index (Phi) is 5.96. The second kappa shape index (κ2) is 9.21. The van der Waals surface area contributed by atoms with Crippen LogP contribution in [0.1, 0.15) is 12.5 Å². The monoisotopic (exact) mass is 455 g/mol. The molecular weight excluding hydrogens is 426 g/mol. The number of morpholine rings is 1. The fourth-order valence-corrected chi connectivity index (χ4v) is 4.72. The van der Waals surface area contributed by atoms with E-state index in [9.17, 15) is 4.79 Å². The molecule has 1 fully saturated rings. The smallest absolute Gasteiger partial charge is 0.272 e. The van der Waals surface area contributed by atoms with Crippen LogP contribution in [0.15, 0.2) is 78.5 Å². The van der Waals surface area contributed by atoms with Gasteiger partial charge in [0.05, 0.1) is 24.6 Å². The van der Waals surface area contributed by atoms with Gasteiger partial charge in [0.15, 0.2) is 0 Å². The van der Waals surface area contributed by atoms with Crippen molar-refractivity contribution in [3.63, 3.8) is 0 Å². The number of carbonyl (C=O) groups is 1. The number of fused-ring (bicyclic) bond motifs is 3. The Morgan fingerprint density at radius 1 is 0.941 bits per heavy atom. The molecule has 0 saturated carbocycles. The van der Waals surface area contributed by atoms with E-state index in [1.165, 1.54) is 10.5 Å². The molecular formula is C27H29N5O2. The highest BCUT2D eigenvalue weighted by Gasteiger charge is 2.25. The van der Waals surface area contributed by atoms with Gasteiger partial charge in [-0.05, 0) is 31.2 Å². The van der Waals surface area contributed by atoms with Gasteiger partial charge in [-0.1, -0.05) is 48.5 Å². The highest BCUT2D eigenvalue weighted by Crippen LogP contribution is 2.34. The average molecular weight is 456 g/mol. The number of nitrogens with zero attached hydrogens (tertiary/aromatic N) is 3. The summed E-state index contributed by atoms with van der Waals surface area (Å²) in [4.78, 5) is 15.0. The zero-order chi connectivity index (χ0) is 23.7. The summed E-state index contributed by atoms with van der Waals surface area (Å²) in [5, 5.41) is 3.80. The molecule has 0 atom stereocenters. The molecule has 4 N–H and O–H groups in total. The van der Waals surface area contributed by atoms with Crippen LogP contribution >= 0.6 is 0 Å². The van der Waals surface area contributed by atoms with Gasteiger partial charge in [-0.2, -0.15) is 0 Å². The van der Waals surface area contributed by atoms with E-state index in [0.717, 1.165) is 34.1 Å². The molecule has 7 heteroatoms. The fraction of sp³-hybridized carbons (Fsp3) is 0.222. The van der Waals surface area contributed by atoms with Crippen LogP contribution in [0.3, 0.4) is 0 Å². The number of hydrogen-bond acceptors (Lipinski definition) is 5. The summed E-state index contributed by atoms with van der Waals surface area (Å²) < 4.78 is 7.68. The highest BCUT2D eigenvalue weighted by atomic mass is 16.5. The van der Waals surface area contributed by atoms with Gasteiger partial charge in [0, 0.05) is 47.0 Å². The van der Waals surface area contributed by atoms with Gasteiger partial charge in [0.25, 0.3) is 5.91 Å². The molecule has 34 heavy (non-hydrogen) atoms. The molecule has 1 aliphatic rings. The number of hydrazine groups is 1. The molecule has 0 bridgehead atoms. The van der Waals surface area contributed by atoms with Gasteiger partial charge < -0.3 is 19.9 Å². The largest absolute Gasteiger partial charge is 0.392 e. The molecule has 1 aromatic heterocycles.